The van der Waals surface area contributed by atoms with Gasteiger partial charge in [-0.2, -0.15) is 0 Å². The van der Waals surface area contributed by atoms with Gasteiger partial charge in [0.1, 0.15) is 5.82 Å². The molecule has 1 saturated heterocycles. The molecule has 0 spiro atoms. The second kappa shape index (κ2) is 10.6. The molecule has 3 aromatic rings. The highest BCUT2D eigenvalue weighted by molar-refractivity contribution is 6.04. The molecule has 2 fully saturated rings. The maximum atomic E-state index is 14.2. The second-order valence-electron chi connectivity index (χ2n) is 10.3. The molecule has 1 heterocycles. The Morgan fingerprint density at radius 3 is 2.22 bits per heavy atom. The van der Waals surface area contributed by atoms with Crippen molar-refractivity contribution in [3.63, 3.8) is 0 Å². The van der Waals surface area contributed by atoms with Gasteiger partial charge in [0.05, 0.1) is 5.56 Å². The van der Waals surface area contributed by atoms with Crippen molar-refractivity contribution in [2.24, 2.45) is 5.92 Å². The molecule has 5 rings (SSSR count). The minimum atomic E-state index is -1.32. The van der Waals surface area contributed by atoms with Crippen LogP contribution in [0.25, 0.3) is 0 Å². The number of nitrogens with one attached hydrogen (secondary N) is 1. The molecular weight excluding hydrogens is 475 g/mol. The summed E-state index contributed by atoms with van der Waals surface area (Å²) in [5.74, 6) is -3.82. The molecule has 1 N–H and O–H groups in total. The van der Waals surface area contributed by atoms with Gasteiger partial charge in [-0.1, -0.05) is 37.3 Å². The van der Waals surface area contributed by atoms with Gasteiger partial charge in [-0.25, -0.2) is 13.2 Å². The lowest BCUT2D eigenvalue weighted by atomic mass is 9.71. The van der Waals surface area contributed by atoms with Gasteiger partial charge in [0, 0.05) is 49.2 Å². The van der Waals surface area contributed by atoms with Crippen LogP contribution < -0.4 is 10.2 Å². The van der Waals surface area contributed by atoms with Crippen molar-refractivity contribution in [1.29, 1.82) is 0 Å². The summed E-state index contributed by atoms with van der Waals surface area (Å²) in [6, 6.07) is 19.2. The zero-order valence-electron chi connectivity index (χ0n) is 21.0. The van der Waals surface area contributed by atoms with E-state index in [1.54, 1.807) is 6.07 Å². The van der Waals surface area contributed by atoms with E-state index in [0.29, 0.717) is 23.7 Å². The van der Waals surface area contributed by atoms with Crippen molar-refractivity contribution in [2.75, 3.05) is 36.4 Å². The van der Waals surface area contributed by atoms with Gasteiger partial charge in [0.2, 0.25) is 0 Å². The minimum absolute atomic E-state index is 0.150. The first-order chi connectivity index (χ1) is 17.9. The lowest BCUT2D eigenvalue weighted by Gasteiger charge is -2.51. The molecule has 0 atom stereocenters. The molecule has 3 aromatic carbocycles. The zero-order chi connectivity index (χ0) is 26.0. The Morgan fingerprint density at radius 1 is 0.838 bits per heavy atom. The van der Waals surface area contributed by atoms with Crippen molar-refractivity contribution in [1.82, 2.24) is 4.90 Å². The first-order valence-electron chi connectivity index (χ1n) is 13.0. The summed E-state index contributed by atoms with van der Waals surface area (Å²) in [5, 5.41) is 2.69. The van der Waals surface area contributed by atoms with E-state index in [1.807, 2.05) is 18.2 Å². The number of hydrogen-bond donors (Lipinski definition) is 1. The Hall–Kier alpha value is -3.32. The number of carbonyl (C=O) groups excluding carboxylic acids is 1. The molecule has 194 valence electrons. The number of anilines is 2. The SMILES string of the molecule is C[C@H]1CC[C@](c2cccc(NC(=O)c3cc(F)c(F)cc3F)c2)(N2CCN(c3ccccc3)CC2)CC1. The van der Waals surface area contributed by atoms with Crippen molar-refractivity contribution in [3.05, 3.63) is 95.3 Å². The summed E-state index contributed by atoms with van der Waals surface area (Å²) in [7, 11) is 0. The smallest absolute Gasteiger partial charge is 0.258 e. The summed E-state index contributed by atoms with van der Waals surface area (Å²) in [4.78, 5) is 17.7. The van der Waals surface area contributed by atoms with E-state index < -0.39 is 28.9 Å². The van der Waals surface area contributed by atoms with Crippen LogP contribution in [0.3, 0.4) is 0 Å². The van der Waals surface area contributed by atoms with Gasteiger partial charge in [-0.05, 0) is 67.5 Å². The van der Waals surface area contributed by atoms with Crippen LogP contribution in [-0.4, -0.2) is 37.0 Å². The van der Waals surface area contributed by atoms with Gasteiger partial charge >= 0.3 is 0 Å². The lowest BCUT2D eigenvalue weighted by Crippen LogP contribution is -2.56. The molecular formula is C30H32F3N3O. The average Bonchev–Trinajstić information content (AvgIpc) is 2.92. The van der Waals surface area contributed by atoms with Crippen LogP contribution in [0.1, 0.15) is 48.5 Å². The lowest BCUT2D eigenvalue weighted by molar-refractivity contribution is 0.0299. The monoisotopic (exact) mass is 507 g/mol. The summed E-state index contributed by atoms with van der Waals surface area (Å²) >= 11 is 0. The summed E-state index contributed by atoms with van der Waals surface area (Å²) in [6.45, 7) is 6.03. The number of para-hydroxylation sites is 1. The van der Waals surface area contributed by atoms with Crippen LogP contribution in [0.2, 0.25) is 0 Å². The van der Waals surface area contributed by atoms with Crippen LogP contribution in [0.5, 0.6) is 0 Å². The third-order valence-electron chi connectivity index (χ3n) is 8.02. The first kappa shape index (κ1) is 25.3. The Labute approximate surface area is 216 Å². The van der Waals surface area contributed by atoms with E-state index in [1.165, 1.54) is 5.69 Å². The number of hydrogen-bond acceptors (Lipinski definition) is 3. The Kier molecular flexibility index (Phi) is 7.24. The number of rotatable bonds is 5. The third-order valence-corrected chi connectivity index (χ3v) is 8.02. The molecule has 7 heteroatoms. The van der Waals surface area contributed by atoms with Gasteiger partial charge in [-0.3, -0.25) is 9.69 Å². The van der Waals surface area contributed by atoms with Gasteiger partial charge < -0.3 is 10.2 Å². The molecule has 1 amide bonds. The van der Waals surface area contributed by atoms with E-state index in [0.717, 1.165) is 57.4 Å². The summed E-state index contributed by atoms with van der Waals surface area (Å²) < 4.78 is 41.2. The summed E-state index contributed by atoms with van der Waals surface area (Å²) in [6.07, 6.45) is 4.29. The standard InChI is InChI=1S/C30H32F3N3O/c1-21-10-12-30(13-11-21,36-16-14-35(15-17-36)24-8-3-2-4-9-24)22-6-5-7-23(18-22)34-29(37)25-19-27(32)28(33)20-26(25)31/h2-9,18-21H,10-17H2,1H3,(H,34,37)/t21-,30-. The first-order valence-corrected chi connectivity index (χ1v) is 13.0. The molecule has 0 bridgehead atoms. The molecule has 0 radical (unpaired) electrons. The largest absolute Gasteiger partial charge is 0.369 e. The molecule has 0 unspecified atom stereocenters. The predicted molar refractivity (Wildman–Crippen MR) is 140 cm³/mol. The summed E-state index contributed by atoms with van der Waals surface area (Å²) in [5.41, 5.74) is 2.19. The number of halogens is 3. The molecule has 0 aromatic heterocycles. The highest BCUT2D eigenvalue weighted by atomic mass is 19.2. The highest BCUT2D eigenvalue weighted by Crippen LogP contribution is 2.45. The van der Waals surface area contributed by atoms with Gasteiger partial charge in [-0.15, -0.1) is 0 Å². The number of piperazine rings is 1. The van der Waals surface area contributed by atoms with Crippen molar-refractivity contribution < 1.29 is 18.0 Å². The predicted octanol–water partition coefficient (Wildman–Crippen LogP) is 6.58. The third kappa shape index (κ3) is 5.23. The van der Waals surface area contributed by atoms with Crippen LogP contribution in [0.15, 0.2) is 66.7 Å². The quantitative estimate of drug-likeness (QED) is 0.396. The fourth-order valence-electron chi connectivity index (χ4n) is 5.84. The Bertz CT molecular complexity index is 1250. The van der Waals surface area contributed by atoms with E-state index in [2.05, 4.69) is 52.4 Å². The number of nitrogens with zero attached hydrogens (tertiary/aromatic N) is 2. The molecule has 1 aliphatic carbocycles. The zero-order valence-corrected chi connectivity index (χ0v) is 21.0. The van der Waals surface area contributed by atoms with Crippen LogP contribution in [0.4, 0.5) is 24.5 Å². The second-order valence-corrected chi connectivity index (χ2v) is 10.3. The Morgan fingerprint density at radius 2 is 1.51 bits per heavy atom. The highest BCUT2D eigenvalue weighted by Gasteiger charge is 2.42. The van der Waals surface area contributed by atoms with Gasteiger partial charge in [0.15, 0.2) is 11.6 Å². The average molecular weight is 508 g/mol. The van der Waals surface area contributed by atoms with Crippen LogP contribution in [0, 0.1) is 23.4 Å². The fraction of sp³-hybridized carbons (Fsp3) is 0.367. The fourth-order valence-corrected chi connectivity index (χ4v) is 5.84. The van der Waals surface area contributed by atoms with Crippen LogP contribution in [-0.2, 0) is 5.54 Å². The molecule has 2 aliphatic rings. The van der Waals surface area contributed by atoms with Gasteiger partial charge in [0.25, 0.3) is 5.91 Å². The normalized spacial score (nSPS) is 22.6. The van der Waals surface area contributed by atoms with Crippen molar-refractivity contribution in [3.8, 4) is 0 Å². The van der Waals surface area contributed by atoms with Crippen LogP contribution >= 0.6 is 0 Å². The van der Waals surface area contributed by atoms with E-state index >= 15 is 0 Å². The van der Waals surface area contributed by atoms with Crippen molar-refractivity contribution in [2.45, 2.75) is 38.1 Å². The topological polar surface area (TPSA) is 35.6 Å². The Balaban J connectivity index is 1.38. The molecule has 37 heavy (non-hydrogen) atoms. The number of amides is 1. The van der Waals surface area contributed by atoms with Crippen molar-refractivity contribution >= 4 is 17.3 Å². The van der Waals surface area contributed by atoms with E-state index in [-0.39, 0.29) is 5.54 Å². The molecule has 4 nitrogen and oxygen atoms in total. The maximum Gasteiger partial charge on any atom is 0.258 e. The molecule has 1 aliphatic heterocycles. The number of carbonyl (C=O) groups is 1. The van der Waals surface area contributed by atoms with E-state index in [9.17, 15) is 18.0 Å². The molecule has 1 saturated carbocycles. The minimum Gasteiger partial charge on any atom is -0.369 e. The maximum absolute atomic E-state index is 14.2. The number of benzene rings is 3. The van der Waals surface area contributed by atoms with E-state index in [4.69, 9.17) is 0 Å².